The fourth-order valence-electron chi connectivity index (χ4n) is 4.82. The van der Waals surface area contributed by atoms with Gasteiger partial charge in [0.25, 0.3) is 11.8 Å². The van der Waals surface area contributed by atoms with Crippen molar-refractivity contribution >= 4 is 46.7 Å². The number of nitrogens with zero attached hydrogens (tertiary/aromatic N) is 4. The van der Waals surface area contributed by atoms with E-state index in [1.165, 1.54) is 15.9 Å². The number of nitrogens with one attached hydrogen (secondary N) is 2. The smallest absolute Gasteiger partial charge is 0.259 e. The Labute approximate surface area is 229 Å². The summed E-state index contributed by atoms with van der Waals surface area (Å²) in [6.07, 6.45) is -3.18. The lowest BCUT2D eigenvalue weighted by atomic mass is 10.1. The lowest BCUT2D eigenvalue weighted by Crippen LogP contribution is -2.55. The van der Waals surface area contributed by atoms with E-state index in [0.29, 0.717) is 41.2 Å². The van der Waals surface area contributed by atoms with Crippen LogP contribution in [0, 0.1) is 5.41 Å². The third-order valence-corrected chi connectivity index (χ3v) is 7.12. The highest BCUT2D eigenvalue weighted by atomic mass is 16.5. The molecule has 3 aliphatic rings. The molecule has 2 aromatic carbocycles. The summed E-state index contributed by atoms with van der Waals surface area (Å²) in [4.78, 5) is 59.3. The van der Waals surface area contributed by atoms with Crippen LogP contribution in [0.2, 0.25) is 0 Å². The van der Waals surface area contributed by atoms with Gasteiger partial charge in [0.2, 0.25) is 11.8 Å². The molecule has 0 spiro atoms. The summed E-state index contributed by atoms with van der Waals surface area (Å²) in [5, 5.41) is 21.2. The summed E-state index contributed by atoms with van der Waals surface area (Å²) in [6, 6.07) is 11.6. The van der Waals surface area contributed by atoms with Gasteiger partial charge >= 0.3 is 0 Å². The molecule has 2 aromatic rings. The minimum atomic E-state index is -1.80. The number of anilines is 2. The van der Waals surface area contributed by atoms with Gasteiger partial charge in [-0.2, -0.15) is 0 Å². The number of fused-ring (bicyclic) bond motifs is 1. The Balaban J connectivity index is 1.24. The molecular weight excluding hydrogens is 518 g/mol. The van der Waals surface area contributed by atoms with Crippen LogP contribution in [0.1, 0.15) is 16.7 Å². The third-order valence-electron chi connectivity index (χ3n) is 7.12. The summed E-state index contributed by atoms with van der Waals surface area (Å²) in [6.45, 7) is 1.25. The zero-order chi connectivity index (χ0) is 28.6. The molecule has 3 heterocycles. The molecule has 2 fully saturated rings. The number of amidine groups is 2. The van der Waals surface area contributed by atoms with Crippen molar-refractivity contribution in [1.29, 1.82) is 5.41 Å². The second-order valence-corrected chi connectivity index (χ2v) is 9.80. The fourth-order valence-corrected chi connectivity index (χ4v) is 4.82. The molecule has 13 nitrogen and oxygen atoms in total. The second kappa shape index (κ2) is 10.9. The van der Waals surface area contributed by atoms with Crippen LogP contribution in [0.5, 0.6) is 0 Å². The maximum Gasteiger partial charge on any atom is 0.259 e. The van der Waals surface area contributed by atoms with Crippen molar-refractivity contribution in [2.75, 3.05) is 50.1 Å². The molecule has 0 unspecified atom stereocenters. The summed E-state index contributed by atoms with van der Waals surface area (Å²) in [5.74, 6) is -1.57. The van der Waals surface area contributed by atoms with Crippen LogP contribution in [-0.2, 0) is 30.3 Å². The zero-order valence-electron chi connectivity index (χ0n) is 21.8. The van der Waals surface area contributed by atoms with Crippen molar-refractivity contribution in [1.82, 2.24) is 9.80 Å². The van der Waals surface area contributed by atoms with E-state index in [9.17, 15) is 24.3 Å². The highest BCUT2D eigenvalue weighted by Crippen LogP contribution is 2.24. The van der Waals surface area contributed by atoms with Crippen LogP contribution >= 0.6 is 0 Å². The Morgan fingerprint density at radius 2 is 1.98 bits per heavy atom. The third kappa shape index (κ3) is 5.28. The van der Waals surface area contributed by atoms with Crippen molar-refractivity contribution in [3.05, 3.63) is 59.2 Å². The molecule has 13 heteroatoms. The molecule has 2 saturated heterocycles. The number of rotatable bonds is 6. The number of aliphatic hydroxyl groups is 1. The number of carbonyl (C=O) groups is 4. The number of nitrogens with two attached hydrogens (primary N) is 1. The normalized spacial score (nSPS) is 19.9. The first-order valence-electron chi connectivity index (χ1n) is 12.7. The Morgan fingerprint density at radius 1 is 1.18 bits per heavy atom. The first-order chi connectivity index (χ1) is 19.1. The summed E-state index contributed by atoms with van der Waals surface area (Å²) >= 11 is 0. The van der Waals surface area contributed by atoms with Crippen molar-refractivity contribution in [3.63, 3.8) is 0 Å². The maximum absolute atomic E-state index is 13.3. The molecule has 0 radical (unpaired) electrons. The molecule has 2 atom stereocenters. The maximum atomic E-state index is 13.3. The van der Waals surface area contributed by atoms with Crippen LogP contribution in [0.4, 0.5) is 11.4 Å². The van der Waals surface area contributed by atoms with E-state index in [0.717, 1.165) is 0 Å². The van der Waals surface area contributed by atoms with E-state index in [1.54, 1.807) is 48.3 Å². The molecule has 0 bridgehead atoms. The summed E-state index contributed by atoms with van der Waals surface area (Å²) in [5.41, 5.74) is 8.26. The van der Waals surface area contributed by atoms with E-state index >= 15 is 0 Å². The highest BCUT2D eigenvalue weighted by molar-refractivity contribution is 6.21. The SMILES string of the molecule is CN1CCN(C(=O)Cc2cccc(N3CCO[C@H]([C@@H](O)C(=O)Nc4ccc5c(c4)C(=N)N=C5N)C3=O)c2)CC1=O. The van der Waals surface area contributed by atoms with Crippen molar-refractivity contribution < 1.29 is 29.0 Å². The average molecular weight is 548 g/mol. The predicted octanol–water partition coefficient (Wildman–Crippen LogP) is -0.695. The number of likely N-dealkylation sites (N-methyl/N-ethyl adjacent to an activating group) is 1. The first-order valence-corrected chi connectivity index (χ1v) is 12.7. The van der Waals surface area contributed by atoms with Gasteiger partial charge < -0.3 is 35.6 Å². The van der Waals surface area contributed by atoms with E-state index in [-0.39, 0.29) is 49.6 Å². The first kappa shape index (κ1) is 27.0. The standard InChI is InChI=1S/C27H29N7O6/c1-32-7-8-33(14-21(32)36)20(35)12-15-3-2-4-17(11-15)34-9-10-40-23(27(34)39)22(37)26(38)30-16-5-6-18-19(13-16)25(29)31-24(18)28/h2-6,11,13,22-23,37H,7-10,12,14H2,1H3,(H,30,38)(H3,28,29,31)/t22-,23-/m1/s1. The number of morpholine rings is 1. The fraction of sp³-hybridized carbons (Fsp3) is 0.333. The molecule has 0 aliphatic carbocycles. The van der Waals surface area contributed by atoms with Gasteiger partial charge in [-0.05, 0) is 35.9 Å². The molecule has 0 saturated carbocycles. The van der Waals surface area contributed by atoms with Crippen molar-refractivity contribution in [3.8, 4) is 0 Å². The topological polar surface area (TPSA) is 182 Å². The number of hydrogen-bond acceptors (Lipinski definition) is 8. The molecular formula is C27H29N7O6. The Kier molecular flexibility index (Phi) is 7.32. The molecule has 0 aromatic heterocycles. The van der Waals surface area contributed by atoms with Crippen molar-refractivity contribution in [2.24, 2.45) is 10.7 Å². The Bertz CT molecular complexity index is 1440. The van der Waals surface area contributed by atoms with Gasteiger partial charge in [-0.1, -0.05) is 12.1 Å². The molecule has 208 valence electrons. The summed E-state index contributed by atoms with van der Waals surface area (Å²) in [7, 11) is 1.70. The molecule has 40 heavy (non-hydrogen) atoms. The van der Waals surface area contributed by atoms with Crippen LogP contribution in [0.3, 0.4) is 0 Å². The minimum Gasteiger partial charge on any atom is -0.383 e. The monoisotopic (exact) mass is 547 g/mol. The lowest BCUT2D eigenvalue weighted by Gasteiger charge is -2.34. The van der Waals surface area contributed by atoms with E-state index < -0.39 is 24.0 Å². The van der Waals surface area contributed by atoms with Gasteiger partial charge in [-0.15, -0.1) is 0 Å². The van der Waals surface area contributed by atoms with E-state index in [2.05, 4.69) is 10.3 Å². The Hall–Kier alpha value is -4.62. The second-order valence-electron chi connectivity index (χ2n) is 9.80. The van der Waals surface area contributed by atoms with E-state index in [1.807, 2.05) is 0 Å². The Morgan fingerprint density at radius 3 is 2.75 bits per heavy atom. The number of hydrogen-bond donors (Lipinski definition) is 4. The average Bonchev–Trinajstić information content (AvgIpc) is 3.22. The minimum absolute atomic E-state index is 0.0356. The number of aliphatic imine (C=N–C) groups is 1. The van der Waals surface area contributed by atoms with Gasteiger partial charge in [0.05, 0.1) is 19.6 Å². The number of amides is 4. The number of benzene rings is 2. The zero-order valence-corrected chi connectivity index (χ0v) is 21.8. The molecule has 5 rings (SSSR count). The van der Waals surface area contributed by atoms with Gasteiger partial charge in [-0.25, -0.2) is 4.99 Å². The number of aliphatic hydroxyl groups excluding tert-OH is 1. The van der Waals surface area contributed by atoms with Crippen LogP contribution in [-0.4, -0.2) is 102 Å². The summed E-state index contributed by atoms with van der Waals surface area (Å²) < 4.78 is 5.49. The number of ether oxygens (including phenoxy) is 1. The van der Waals surface area contributed by atoms with Crippen LogP contribution in [0.15, 0.2) is 47.5 Å². The number of piperazine rings is 1. The van der Waals surface area contributed by atoms with Crippen molar-refractivity contribution in [2.45, 2.75) is 18.6 Å². The van der Waals surface area contributed by atoms with E-state index in [4.69, 9.17) is 15.9 Å². The van der Waals surface area contributed by atoms with Gasteiger partial charge in [0.1, 0.15) is 5.84 Å². The van der Waals surface area contributed by atoms with Gasteiger partial charge in [0, 0.05) is 49.2 Å². The highest BCUT2D eigenvalue weighted by Gasteiger charge is 2.39. The molecule has 4 amide bonds. The molecule has 5 N–H and O–H groups in total. The van der Waals surface area contributed by atoms with Crippen LogP contribution in [0.25, 0.3) is 0 Å². The predicted molar refractivity (Wildman–Crippen MR) is 145 cm³/mol. The van der Waals surface area contributed by atoms with Gasteiger partial charge in [0.15, 0.2) is 18.0 Å². The molecule has 3 aliphatic heterocycles. The lowest BCUT2D eigenvalue weighted by molar-refractivity contribution is -0.150. The largest absolute Gasteiger partial charge is 0.383 e. The number of carbonyl (C=O) groups excluding carboxylic acids is 4. The van der Waals surface area contributed by atoms with Crippen LogP contribution < -0.4 is 16.0 Å². The quantitative estimate of drug-likeness (QED) is 0.369. The van der Waals surface area contributed by atoms with Gasteiger partial charge in [-0.3, -0.25) is 24.6 Å².